The molecule has 29 heavy (non-hydrogen) atoms. The van der Waals surface area contributed by atoms with Gasteiger partial charge in [0, 0.05) is 31.1 Å². The number of amides is 1. The summed E-state index contributed by atoms with van der Waals surface area (Å²) in [5.41, 5.74) is 4.74. The van der Waals surface area contributed by atoms with Crippen LogP contribution in [0, 0.1) is 20.8 Å². The smallest absolute Gasteiger partial charge is 0.265 e. The first-order valence-corrected chi connectivity index (χ1v) is 10.9. The van der Waals surface area contributed by atoms with Crippen molar-refractivity contribution >= 4 is 17.2 Å². The molecule has 0 atom stereocenters. The largest absolute Gasteiger partial charge is 0.360 e. The van der Waals surface area contributed by atoms with Crippen molar-refractivity contribution in [2.45, 2.75) is 52.9 Å². The fraction of sp³-hybridized carbons (Fsp3) is 0.455. The van der Waals surface area contributed by atoms with E-state index in [0.29, 0.717) is 5.92 Å². The van der Waals surface area contributed by atoms with Gasteiger partial charge in [0.05, 0.1) is 27.7 Å². The molecule has 3 aromatic rings. The van der Waals surface area contributed by atoms with Crippen molar-refractivity contribution < 1.29 is 9.32 Å². The average molecular weight is 411 g/mol. The number of carbonyl (C=O) groups excluding carboxylic acids is 1. The molecule has 1 amide bonds. The number of hydrogen-bond acceptors (Lipinski definition) is 6. The monoisotopic (exact) mass is 410 g/mol. The third-order valence-electron chi connectivity index (χ3n) is 5.58. The molecule has 4 heterocycles. The zero-order valence-corrected chi connectivity index (χ0v) is 18.2. The summed E-state index contributed by atoms with van der Waals surface area (Å²) in [6, 6.07) is 6.18. The van der Waals surface area contributed by atoms with Crippen molar-refractivity contribution in [3.8, 4) is 11.3 Å². The number of carbonyl (C=O) groups is 1. The maximum Gasteiger partial charge on any atom is 0.265 e. The summed E-state index contributed by atoms with van der Waals surface area (Å²) >= 11 is 1.49. The number of rotatable bonds is 4. The number of aromatic nitrogens is 3. The predicted molar refractivity (Wildman–Crippen MR) is 113 cm³/mol. The fourth-order valence-electron chi connectivity index (χ4n) is 4.06. The molecule has 0 radical (unpaired) electrons. The minimum Gasteiger partial charge on any atom is -0.360 e. The second-order valence-electron chi connectivity index (χ2n) is 7.58. The summed E-state index contributed by atoms with van der Waals surface area (Å²) in [6.07, 6.45) is 2.63. The van der Waals surface area contributed by atoms with Crippen LogP contribution in [0.25, 0.3) is 11.3 Å². The number of piperidine rings is 1. The van der Waals surface area contributed by atoms with Gasteiger partial charge in [-0.05, 0) is 45.7 Å². The number of likely N-dealkylation sites (tertiary alicyclic amines) is 1. The number of aryl methyl sites for hydroxylation is 4. The molecule has 0 spiro atoms. The van der Waals surface area contributed by atoms with Crippen LogP contribution < -0.4 is 0 Å². The maximum absolute atomic E-state index is 12.9. The maximum atomic E-state index is 12.9. The second-order valence-corrected chi connectivity index (χ2v) is 8.78. The van der Waals surface area contributed by atoms with Gasteiger partial charge in [-0.2, -0.15) is 0 Å². The van der Waals surface area contributed by atoms with Crippen molar-refractivity contribution in [1.29, 1.82) is 0 Å². The van der Waals surface area contributed by atoms with Crippen molar-refractivity contribution in [3.05, 3.63) is 50.9 Å². The van der Waals surface area contributed by atoms with Gasteiger partial charge in [0.15, 0.2) is 0 Å². The van der Waals surface area contributed by atoms with Gasteiger partial charge in [0.25, 0.3) is 5.91 Å². The molecule has 0 aromatic carbocycles. The molecule has 0 bridgehead atoms. The third-order valence-corrected chi connectivity index (χ3v) is 6.64. The topological polar surface area (TPSA) is 72.1 Å². The van der Waals surface area contributed by atoms with Gasteiger partial charge in [0.2, 0.25) is 0 Å². The standard InChI is InChI=1S/C22H26N4O2S/c1-5-19-20(13(2)25-28-19)18-8-6-7-17(24-18)16-9-11-26(12-10-16)22(27)21-14(3)23-15(4)29-21/h6-8,16H,5,9-12H2,1-4H3. The van der Waals surface area contributed by atoms with Crippen LogP contribution in [0.1, 0.15) is 63.2 Å². The molecule has 0 aliphatic carbocycles. The molecule has 1 aliphatic rings. The Balaban J connectivity index is 1.48. The van der Waals surface area contributed by atoms with Crippen molar-refractivity contribution in [2.75, 3.05) is 13.1 Å². The number of nitrogens with zero attached hydrogens (tertiary/aromatic N) is 4. The van der Waals surface area contributed by atoms with Gasteiger partial charge in [-0.25, -0.2) is 4.98 Å². The first kappa shape index (κ1) is 19.8. The van der Waals surface area contributed by atoms with Crippen molar-refractivity contribution in [3.63, 3.8) is 0 Å². The van der Waals surface area contributed by atoms with Crippen LogP contribution in [0.2, 0.25) is 0 Å². The van der Waals surface area contributed by atoms with Gasteiger partial charge in [-0.3, -0.25) is 9.78 Å². The van der Waals surface area contributed by atoms with Gasteiger partial charge < -0.3 is 9.42 Å². The highest BCUT2D eigenvalue weighted by Crippen LogP contribution is 2.32. The van der Waals surface area contributed by atoms with Crippen LogP contribution in [0.3, 0.4) is 0 Å². The minimum atomic E-state index is 0.112. The van der Waals surface area contributed by atoms with Gasteiger partial charge in [0.1, 0.15) is 10.6 Å². The van der Waals surface area contributed by atoms with E-state index in [1.165, 1.54) is 11.3 Å². The molecule has 7 heteroatoms. The predicted octanol–water partition coefficient (Wildman–Crippen LogP) is 4.70. The summed E-state index contributed by atoms with van der Waals surface area (Å²) in [7, 11) is 0. The van der Waals surface area contributed by atoms with E-state index in [0.717, 1.165) is 76.3 Å². The molecular weight excluding hydrogens is 384 g/mol. The van der Waals surface area contributed by atoms with Crippen molar-refractivity contribution in [1.82, 2.24) is 20.0 Å². The van der Waals surface area contributed by atoms with Crippen LogP contribution >= 0.6 is 11.3 Å². The highest BCUT2D eigenvalue weighted by molar-refractivity contribution is 7.13. The quantitative estimate of drug-likeness (QED) is 0.623. The second kappa shape index (κ2) is 8.06. The SMILES string of the molecule is CCc1onc(C)c1-c1cccc(C2CCN(C(=O)c3sc(C)nc3C)CC2)n1. The molecule has 4 rings (SSSR count). The van der Waals surface area contributed by atoms with E-state index >= 15 is 0 Å². The molecule has 1 saturated heterocycles. The van der Waals surface area contributed by atoms with Gasteiger partial charge in [-0.1, -0.05) is 18.1 Å². The molecule has 1 fully saturated rings. The molecular formula is C22H26N4O2S. The Morgan fingerprint density at radius 3 is 2.59 bits per heavy atom. The number of hydrogen-bond donors (Lipinski definition) is 0. The molecule has 1 aliphatic heterocycles. The Kier molecular flexibility index (Phi) is 5.50. The zero-order valence-electron chi connectivity index (χ0n) is 17.4. The third kappa shape index (κ3) is 3.83. The first-order chi connectivity index (χ1) is 14.0. The first-order valence-electron chi connectivity index (χ1n) is 10.1. The fourth-order valence-corrected chi connectivity index (χ4v) is 4.94. The Labute approximate surface area is 175 Å². The lowest BCUT2D eigenvalue weighted by atomic mass is 9.92. The lowest BCUT2D eigenvalue weighted by molar-refractivity contribution is 0.0716. The molecule has 0 saturated carbocycles. The normalized spacial score (nSPS) is 15.1. The molecule has 0 N–H and O–H groups in total. The lowest BCUT2D eigenvalue weighted by Gasteiger charge is -2.31. The molecule has 3 aromatic heterocycles. The van der Waals surface area contributed by atoms with Gasteiger partial charge in [-0.15, -0.1) is 11.3 Å². The summed E-state index contributed by atoms with van der Waals surface area (Å²) in [5, 5.41) is 5.05. The Bertz CT molecular complexity index is 1030. The van der Waals surface area contributed by atoms with Gasteiger partial charge >= 0.3 is 0 Å². The highest BCUT2D eigenvalue weighted by atomic mass is 32.1. The Morgan fingerprint density at radius 2 is 1.93 bits per heavy atom. The van der Waals surface area contributed by atoms with Crippen LogP contribution in [0.15, 0.2) is 22.7 Å². The van der Waals surface area contributed by atoms with E-state index in [1.807, 2.05) is 31.7 Å². The van der Waals surface area contributed by atoms with E-state index in [9.17, 15) is 4.79 Å². The molecule has 6 nitrogen and oxygen atoms in total. The summed E-state index contributed by atoms with van der Waals surface area (Å²) in [4.78, 5) is 24.9. The summed E-state index contributed by atoms with van der Waals surface area (Å²) in [6.45, 7) is 9.37. The van der Waals surface area contributed by atoms with E-state index < -0.39 is 0 Å². The van der Waals surface area contributed by atoms with Crippen LogP contribution in [-0.2, 0) is 6.42 Å². The van der Waals surface area contributed by atoms with Crippen LogP contribution in [0.5, 0.6) is 0 Å². The van der Waals surface area contributed by atoms with E-state index in [1.54, 1.807) is 0 Å². The number of thiazole rings is 1. The van der Waals surface area contributed by atoms with E-state index in [2.05, 4.69) is 29.2 Å². The van der Waals surface area contributed by atoms with Crippen molar-refractivity contribution in [2.24, 2.45) is 0 Å². The summed E-state index contributed by atoms with van der Waals surface area (Å²) in [5.74, 6) is 1.34. The minimum absolute atomic E-state index is 0.112. The highest BCUT2D eigenvalue weighted by Gasteiger charge is 2.28. The van der Waals surface area contributed by atoms with Crippen LogP contribution in [0.4, 0.5) is 0 Å². The summed E-state index contributed by atoms with van der Waals surface area (Å²) < 4.78 is 5.44. The van der Waals surface area contributed by atoms with E-state index in [-0.39, 0.29) is 5.91 Å². The van der Waals surface area contributed by atoms with E-state index in [4.69, 9.17) is 9.51 Å². The average Bonchev–Trinajstić information content (AvgIpc) is 3.28. The Hall–Kier alpha value is -2.54. The molecule has 152 valence electrons. The van der Waals surface area contributed by atoms with Crippen LogP contribution in [-0.4, -0.2) is 39.0 Å². The molecule has 0 unspecified atom stereocenters. The lowest BCUT2D eigenvalue weighted by Crippen LogP contribution is -2.38. The Morgan fingerprint density at radius 1 is 1.17 bits per heavy atom. The number of pyridine rings is 1. The zero-order chi connectivity index (χ0) is 20.5.